The van der Waals surface area contributed by atoms with Gasteiger partial charge >= 0.3 is 5.97 Å². The average Bonchev–Trinajstić information content (AvgIpc) is 2.67. The fourth-order valence-corrected chi connectivity index (χ4v) is 2.65. The van der Waals surface area contributed by atoms with Gasteiger partial charge in [0.25, 0.3) is 10.1 Å². The van der Waals surface area contributed by atoms with Crippen LogP contribution in [-0.2, 0) is 26.3 Å². The summed E-state index contributed by atoms with van der Waals surface area (Å²) in [5, 5.41) is 0. The molecule has 0 heterocycles. The number of hydrogen-bond acceptors (Lipinski definition) is 6. The first-order chi connectivity index (χ1) is 13.2. The van der Waals surface area contributed by atoms with Gasteiger partial charge in [-0.15, -0.1) is 0 Å². The molecule has 0 bridgehead atoms. The number of carbonyl (C=O) groups excluding carboxylic acids is 1. The van der Waals surface area contributed by atoms with Gasteiger partial charge in [0.15, 0.2) is 0 Å². The van der Waals surface area contributed by atoms with E-state index in [1.54, 1.807) is 12.1 Å². The minimum atomic E-state index is -4.02. The normalized spacial score (nSPS) is 11.9. The molecule has 0 radical (unpaired) electrons. The Kier molecular flexibility index (Phi) is 10.4. The standard InChI is InChI=1S/C13H20N2O2.C7H8O3S/c14-9-5-4-8-12(15)13(16)17-10-11-6-2-1-3-7-11;1-6-2-4-7(5-3-6)11(8,9)10/h1-3,6-7,12H,4-5,8-10,14-15H2;2-5H,1H3,(H,8,9,10)/t12-;/m0./s1. The highest BCUT2D eigenvalue weighted by atomic mass is 32.2. The van der Waals surface area contributed by atoms with Crippen molar-refractivity contribution in [3.63, 3.8) is 0 Å². The molecule has 8 heteroatoms. The van der Waals surface area contributed by atoms with E-state index in [-0.39, 0.29) is 17.5 Å². The average molecular weight is 409 g/mol. The highest BCUT2D eigenvalue weighted by molar-refractivity contribution is 7.85. The van der Waals surface area contributed by atoms with Crippen LogP contribution in [0.4, 0.5) is 0 Å². The Morgan fingerprint density at radius 1 is 1.07 bits per heavy atom. The van der Waals surface area contributed by atoms with Crippen LogP contribution in [0.5, 0.6) is 0 Å². The summed E-state index contributed by atoms with van der Waals surface area (Å²) in [6.45, 7) is 2.75. The summed E-state index contributed by atoms with van der Waals surface area (Å²) in [7, 11) is -4.02. The molecular weight excluding hydrogens is 380 g/mol. The van der Waals surface area contributed by atoms with Crippen molar-refractivity contribution in [1.82, 2.24) is 0 Å². The van der Waals surface area contributed by atoms with Crippen LogP contribution < -0.4 is 11.5 Å². The van der Waals surface area contributed by atoms with Crippen molar-refractivity contribution in [2.45, 2.75) is 43.7 Å². The third kappa shape index (κ3) is 9.61. The minimum absolute atomic E-state index is 0.0666. The SMILES string of the molecule is Cc1ccc(S(=O)(=O)O)cc1.NCCCC[C@H](N)C(=O)OCc1ccccc1. The van der Waals surface area contributed by atoms with E-state index in [0.29, 0.717) is 13.0 Å². The van der Waals surface area contributed by atoms with Crippen molar-refractivity contribution in [1.29, 1.82) is 0 Å². The highest BCUT2D eigenvalue weighted by Gasteiger charge is 2.14. The molecule has 0 saturated heterocycles. The van der Waals surface area contributed by atoms with Gasteiger partial charge in [0.05, 0.1) is 4.90 Å². The molecule has 2 aromatic rings. The number of nitrogens with two attached hydrogens (primary N) is 2. The van der Waals surface area contributed by atoms with Crippen molar-refractivity contribution in [3.05, 3.63) is 65.7 Å². The molecule has 0 saturated carbocycles. The van der Waals surface area contributed by atoms with Gasteiger partial charge in [-0.3, -0.25) is 9.35 Å². The van der Waals surface area contributed by atoms with Gasteiger partial charge in [0.2, 0.25) is 0 Å². The first kappa shape index (κ1) is 23.8. The number of aryl methyl sites for hydroxylation is 1. The number of hydrogen-bond donors (Lipinski definition) is 3. The van der Waals surface area contributed by atoms with Crippen molar-refractivity contribution in [2.75, 3.05) is 6.54 Å². The van der Waals surface area contributed by atoms with Crippen molar-refractivity contribution in [3.8, 4) is 0 Å². The van der Waals surface area contributed by atoms with E-state index in [4.69, 9.17) is 20.8 Å². The van der Waals surface area contributed by atoms with Crippen LogP contribution in [-0.4, -0.2) is 31.5 Å². The van der Waals surface area contributed by atoms with Gasteiger partial charge in [-0.1, -0.05) is 54.4 Å². The molecule has 0 amide bonds. The fraction of sp³-hybridized carbons (Fsp3) is 0.350. The Balaban J connectivity index is 0.000000307. The number of ether oxygens (including phenoxy) is 1. The molecule has 5 N–H and O–H groups in total. The summed E-state index contributed by atoms with van der Waals surface area (Å²) in [4.78, 5) is 11.5. The Labute approximate surface area is 166 Å². The number of esters is 1. The number of unbranched alkanes of at least 4 members (excludes halogenated alkanes) is 1. The highest BCUT2D eigenvalue weighted by Crippen LogP contribution is 2.08. The van der Waals surface area contributed by atoms with E-state index in [2.05, 4.69) is 0 Å². The van der Waals surface area contributed by atoms with E-state index in [1.807, 2.05) is 37.3 Å². The monoisotopic (exact) mass is 408 g/mol. The maximum Gasteiger partial charge on any atom is 0.323 e. The van der Waals surface area contributed by atoms with Gasteiger partial charge in [0.1, 0.15) is 12.6 Å². The minimum Gasteiger partial charge on any atom is -0.460 e. The van der Waals surface area contributed by atoms with Crippen LogP contribution in [0.15, 0.2) is 59.5 Å². The Hall–Kier alpha value is -2.26. The van der Waals surface area contributed by atoms with Crippen molar-refractivity contribution < 1.29 is 22.5 Å². The van der Waals surface area contributed by atoms with E-state index >= 15 is 0 Å². The Morgan fingerprint density at radius 3 is 2.21 bits per heavy atom. The third-order valence-electron chi connectivity index (χ3n) is 3.81. The molecule has 0 aromatic heterocycles. The summed E-state index contributed by atoms with van der Waals surface area (Å²) < 4.78 is 34.7. The van der Waals surface area contributed by atoms with Crippen LogP contribution >= 0.6 is 0 Å². The molecule has 0 fully saturated rings. The van der Waals surface area contributed by atoms with Crippen LogP contribution in [0.1, 0.15) is 30.4 Å². The second-order valence-electron chi connectivity index (χ2n) is 6.27. The Morgan fingerprint density at radius 2 is 1.68 bits per heavy atom. The van der Waals surface area contributed by atoms with Crippen molar-refractivity contribution >= 4 is 16.1 Å². The summed E-state index contributed by atoms with van der Waals surface area (Å²) >= 11 is 0. The first-order valence-electron chi connectivity index (χ1n) is 8.94. The van der Waals surface area contributed by atoms with Crippen LogP contribution in [0, 0.1) is 6.92 Å². The molecule has 1 atom stereocenters. The van der Waals surface area contributed by atoms with E-state index in [1.165, 1.54) is 12.1 Å². The van der Waals surface area contributed by atoms with Gasteiger partial charge in [-0.2, -0.15) is 8.42 Å². The lowest BCUT2D eigenvalue weighted by molar-refractivity contribution is -0.146. The van der Waals surface area contributed by atoms with Crippen LogP contribution in [0.25, 0.3) is 0 Å². The van der Waals surface area contributed by atoms with Gasteiger partial charge < -0.3 is 16.2 Å². The van der Waals surface area contributed by atoms with Gasteiger partial charge in [-0.05, 0) is 44.0 Å². The fourth-order valence-electron chi connectivity index (χ4n) is 2.17. The summed E-state index contributed by atoms with van der Waals surface area (Å²) in [5.74, 6) is -0.342. The quantitative estimate of drug-likeness (QED) is 0.347. The molecule has 0 aliphatic heterocycles. The molecule has 28 heavy (non-hydrogen) atoms. The molecule has 0 unspecified atom stereocenters. The van der Waals surface area contributed by atoms with E-state index in [0.717, 1.165) is 24.0 Å². The lowest BCUT2D eigenvalue weighted by Gasteiger charge is -2.11. The summed E-state index contributed by atoms with van der Waals surface area (Å²) in [6, 6.07) is 15.0. The number of benzene rings is 2. The molecule has 154 valence electrons. The third-order valence-corrected chi connectivity index (χ3v) is 4.68. The van der Waals surface area contributed by atoms with E-state index < -0.39 is 16.2 Å². The van der Waals surface area contributed by atoms with Gasteiger partial charge in [0, 0.05) is 0 Å². The summed E-state index contributed by atoms with van der Waals surface area (Å²) in [6.07, 6.45) is 2.38. The zero-order valence-electron chi connectivity index (χ0n) is 16.0. The predicted molar refractivity (Wildman–Crippen MR) is 108 cm³/mol. The largest absolute Gasteiger partial charge is 0.460 e. The zero-order valence-corrected chi connectivity index (χ0v) is 16.8. The second kappa shape index (κ2) is 12.2. The molecule has 7 nitrogen and oxygen atoms in total. The molecule has 0 aliphatic rings. The molecule has 0 aliphatic carbocycles. The summed E-state index contributed by atoms with van der Waals surface area (Å²) in [5.41, 5.74) is 13.0. The van der Waals surface area contributed by atoms with Crippen LogP contribution in [0.3, 0.4) is 0 Å². The molecule has 2 rings (SSSR count). The lowest BCUT2D eigenvalue weighted by Crippen LogP contribution is -2.32. The lowest BCUT2D eigenvalue weighted by atomic mass is 10.1. The maximum atomic E-state index is 11.5. The van der Waals surface area contributed by atoms with Crippen LogP contribution in [0.2, 0.25) is 0 Å². The van der Waals surface area contributed by atoms with E-state index in [9.17, 15) is 13.2 Å². The van der Waals surface area contributed by atoms with Crippen molar-refractivity contribution in [2.24, 2.45) is 11.5 Å². The number of carbonyl (C=O) groups is 1. The first-order valence-corrected chi connectivity index (χ1v) is 10.4. The Bertz CT molecular complexity index is 808. The number of rotatable bonds is 8. The zero-order chi connectivity index (χ0) is 21.0. The smallest absolute Gasteiger partial charge is 0.323 e. The second-order valence-corrected chi connectivity index (χ2v) is 7.69. The predicted octanol–water partition coefficient (Wildman–Crippen LogP) is 2.43. The topological polar surface area (TPSA) is 133 Å². The molecular formula is C20H28N2O5S. The maximum absolute atomic E-state index is 11.5. The molecule has 2 aromatic carbocycles. The van der Waals surface area contributed by atoms with Gasteiger partial charge in [-0.25, -0.2) is 0 Å². The molecule has 0 spiro atoms.